The molecule has 9 heteroatoms. The first-order chi connectivity index (χ1) is 14.5. The van der Waals surface area contributed by atoms with Crippen LogP contribution in [-0.4, -0.2) is 38.5 Å². The largest absolute Gasteiger partial charge is 0.356 e. The monoisotopic (exact) mass is 447 g/mol. The Labute approximate surface area is 184 Å². The molecule has 0 spiro atoms. The minimum Gasteiger partial charge on any atom is -0.356 e. The van der Waals surface area contributed by atoms with Crippen molar-refractivity contribution in [3.63, 3.8) is 0 Å². The van der Waals surface area contributed by atoms with Gasteiger partial charge >= 0.3 is 0 Å². The first-order valence-electron chi connectivity index (χ1n) is 9.89. The van der Waals surface area contributed by atoms with Crippen molar-refractivity contribution in [2.24, 2.45) is 5.92 Å². The summed E-state index contributed by atoms with van der Waals surface area (Å²) in [6, 6.07) is 6.32. The van der Waals surface area contributed by atoms with Crippen LogP contribution in [-0.2, 0) is 24.2 Å². The summed E-state index contributed by atoms with van der Waals surface area (Å²) >= 11 is 3.01. The number of halogens is 1. The van der Waals surface area contributed by atoms with Gasteiger partial charge in [0.25, 0.3) is 0 Å². The molecule has 1 aromatic carbocycles. The third-order valence-electron chi connectivity index (χ3n) is 4.39. The second kappa shape index (κ2) is 10.7. The zero-order valence-corrected chi connectivity index (χ0v) is 19.0. The number of benzene rings is 1. The molecule has 0 saturated carbocycles. The summed E-state index contributed by atoms with van der Waals surface area (Å²) < 4.78 is 15.5. The number of aromatic nitrogens is 4. The van der Waals surface area contributed by atoms with Crippen LogP contribution in [0.25, 0.3) is 10.6 Å². The highest BCUT2D eigenvalue weighted by Gasteiger charge is 2.13. The molecule has 0 atom stereocenters. The van der Waals surface area contributed by atoms with E-state index in [1.807, 2.05) is 17.7 Å². The summed E-state index contributed by atoms with van der Waals surface area (Å²) in [7, 11) is 0. The minimum absolute atomic E-state index is 0.0699. The van der Waals surface area contributed by atoms with E-state index >= 15 is 0 Å². The number of hydrogen-bond donors (Lipinski definition) is 1. The van der Waals surface area contributed by atoms with Gasteiger partial charge in [-0.25, -0.2) is 9.37 Å². The molecule has 2 aromatic heterocycles. The van der Waals surface area contributed by atoms with E-state index in [1.54, 1.807) is 17.8 Å². The van der Waals surface area contributed by atoms with Gasteiger partial charge in [-0.2, -0.15) is 0 Å². The van der Waals surface area contributed by atoms with E-state index in [0.29, 0.717) is 23.2 Å². The first-order valence-corrected chi connectivity index (χ1v) is 12.0. The fourth-order valence-electron chi connectivity index (χ4n) is 3.05. The molecule has 0 radical (unpaired) electrons. The average molecular weight is 448 g/mol. The molecule has 2 heterocycles. The van der Waals surface area contributed by atoms with Crippen molar-refractivity contribution in [2.45, 2.75) is 44.8 Å². The summed E-state index contributed by atoms with van der Waals surface area (Å²) in [5, 5.41) is 15.0. The van der Waals surface area contributed by atoms with Gasteiger partial charge in [0.1, 0.15) is 16.6 Å². The van der Waals surface area contributed by atoms with Gasteiger partial charge in [0.15, 0.2) is 5.16 Å². The van der Waals surface area contributed by atoms with Crippen LogP contribution in [0.2, 0.25) is 0 Å². The molecule has 3 aromatic rings. The van der Waals surface area contributed by atoms with Gasteiger partial charge < -0.3 is 9.88 Å². The van der Waals surface area contributed by atoms with E-state index < -0.39 is 0 Å². The van der Waals surface area contributed by atoms with Crippen LogP contribution in [0.5, 0.6) is 0 Å². The predicted octanol–water partition coefficient (Wildman–Crippen LogP) is 4.21. The molecule has 0 saturated heterocycles. The number of hydrogen-bond acceptors (Lipinski definition) is 6. The summed E-state index contributed by atoms with van der Waals surface area (Å²) in [6.07, 6.45) is 3.78. The molecule has 0 aliphatic heterocycles. The van der Waals surface area contributed by atoms with Crippen LogP contribution in [0.3, 0.4) is 0 Å². The number of nitrogens with one attached hydrogen (secondary N) is 1. The van der Waals surface area contributed by atoms with Crippen LogP contribution in [0, 0.1) is 11.7 Å². The maximum atomic E-state index is 13.4. The minimum atomic E-state index is -0.295. The van der Waals surface area contributed by atoms with E-state index in [0.717, 1.165) is 35.9 Å². The van der Waals surface area contributed by atoms with Gasteiger partial charge in [-0.15, -0.1) is 21.5 Å². The molecule has 0 bridgehead atoms. The average Bonchev–Trinajstić information content (AvgIpc) is 3.32. The smallest absolute Gasteiger partial charge is 0.226 e. The number of aryl methyl sites for hydroxylation is 1. The lowest BCUT2D eigenvalue weighted by atomic mass is 10.2. The molecule has 160 valence electrons. The highest BCUT2D eigenvalue weighted by molar-refractivity contribution is 7.98. The van der Waals surface area contributed by atoms with E-state index in [-0.39, 0.29) is 18.1 Å². The van der Waals surface area contributed by atoms with Crippen LogP contribution in [0.4, 0.5) is 4.39 Å². The van der Waals surface area contributed by atoms with Crippen molar-refractivity contribution in [2.75, 3.05) is 12.8 Å². The topological polar surface area (TPSA) is 72.7 Å². The van der Waals surface area contributed by atoms with Gasteiger partial charge in [0.05, 0.1) is 12.1 Å². The highest BCUT2D eigenvalue weighted by Crippen LogP contribution is 2.24. The molecular weight excluding hydrogens is 421 g/mol. The third kappa shape index (κ3) is 6.12. The number of thiazole rings is 1. The van der Waals surface area contributed by atoms with E-state index in [2.05, 4.69) is 38.9 Å². The number of nitrogens with zero attached hydrogens (tertiary/aromatic N) is 4. The lowest BCUT2D eigenvalue weighted by Gasteiger charge is -2.11. The summed E-state index contributed by atoms with van der Waals surface area (Å²) in [6.45, 7) is 5.81. The Morgan fingerprint density at radius 3 is 2.90 bits per heavy atom. The van der Waals surface area contributed by atoms with Crippen molar-refractivity contribution >= 4 is 29.0 Å². The number of carbonyl (C=O) groups is 1. The van der Waals surface area contributed by atoms with Crippen molar-refractivity contribution in [1.29, 1.82) is 0 Å². The summed E-state index contributed by atoms with van der Waals surface area (Å²) in [5.74, 6) is 1.11. The van der Waals surface area contributed by atoms with Gasteiger partial charge in [0.2, 0.25) is 5.91 Å². The zero-order chi connectivity index (χ0) is 21.5. The van der Waals surface area contributed by atoms with Gasteiger partial charge in [-0.1, -0.05) is 37.7 Å². The molecule has 3 rings (SSSR count). The Bertz CT molecular complexity index is 985. The molecule has 0 unspecified atom stereocenters. The van der Waals surface area contributed by atoms with Crippen LogP contribution < -0.4 is 5.32 Å². The Balaban J connectivity index is 1.46. The zero-order valence-electron chi connectivity index (χ0n) is 17.4. The lowest BCUT2D eigenvalue weighted by Crippen LogP contribution is -2.26. The second-order valence-electron chi connectivity index (χ2n) is 7.39. The van der Waals surface area contributed by atoms with Crippen molar-refractivity contribution in [1.82, 2.24) is 25.1 Å². The standard InChI is InChI=1S/C21H26FN5OS2/c1-14(2)12-27-18(25-26-21(27)29-3)8-5-9-23-19(28)11-17-13-30-20(24-17)15-6-4-7-16(22)10-15/h4,6-7,10,13-14H,5,8-9,11-12H2,1-3H3,(H,23,28). The van der Waals surface area contributed by atoms with Gasteiger partial charge in [-0.3, -0.25) is 4.79 Å². The number of carbonyl (C=O) groups excluding carboxylic acids is 1. The van der Waals surface area contributed by atoms with Crippen molar-refractivity contribution < 1.29 is 9.18 Å². The first kappa shape index (κ1) is 22.4. The second-order valence-corrected chi connectivity index (χ2v) is 9.02. The molecule has 1 N–H and O–H groups in total. The summed E-state index contributed by atoms with van der Waals surface area (Å²) in [5.41, 5.74) is 1.42. The molecule has 6 nitrogen and oxygen atoms in total. The summed E-state index contributed by atoms with van der Waals surface area (Å²) in [4.78, 5) is 16.7. The Morgan fingerprint density at radius 2 is 2.17 bits per heavy atom. The number of amides is 1. The maximum absolute atomic E-state index is 13.4. The van der Waals surface area contributed by atoms with Crippen LogP contribution >= 0.6 is 23.1 Å². The maximum Gasteiger partial charge on any atom is 0.226 e. The Hall–Kier alpha value is -2.26. The predicted molar refractivity (Wildman–Crippen MR) is 119 cm³/mol. The molecule has 30 heavy (non-hydrogen) atoms. The van der Waals surface area contributed by atoms with Gasteiger partial charge in [-0.05, 0) is 30.7 Å². The molecule has 0 aliphatic rings. The van der Waals surface area contributed by atoms with Crippen LogP contribution in [0.15, 0.2) is 34.8 Å². The van der Waals surface area contributed by atoms with E-state index in [9.17, 15) is 9.18 Å². The van der Waals surface area contributed by atoms with Crippen molar-refractivity contribution in [3.05, 3.63) is 47.0 Å². The van der Waals surface area contributed by atoms with Crippen LogP contribution in [0.1, 0.15) is 31.8 Å². The fraction of sp³-hybridized carbons (Fsp3) is 0.429. The Kier molecular flexibility index (Phi) is 7.98. The van der Waals surface area contributed by atoms with Gasteiger partial charge in [0, 0.05) is 30.5 Å². The SMILES string of the molecule is CSc1nnc(CCCNC(=O)Cc2csc(-c3cccc(F)c3)n2)n1CC(C)C. The fourth-order valence-corrected chi connectivity index (χ4v) is 4.39. The molecule has 0 aliphatic carbocycles. The normalized spacial score (nSPS) is 11.2. The highest BCUT2D eigenvalue weighted by atomic mass is 32.2. The molecule has 1 amide bonds. The third-order valence-corrected chi connectivity index (χ3v) is 6.00. The quantitative estimate of drug-likeness (QED) is 0.372. The number of thioether (sulfide) groups is 1. The Morgan fingerprint density at radius 1 is 1.33 bits per heavy atom. The molecular formula is C21H26FN5OS2. The van der Waals surface area contributed by atoms with E-state index in [1.165, 1.54) is 23.5 Å². The molecule has 0 fully saturated rings. The van der Waals surface area contributed by atoms with Crippen molar-refractivity contribution in [3.8, 4) is 10.6 Å². The van der Waals surface area contributed by atoms with E-state index in [4.69, 9.17) is 0 Å². The number of rotatable bonds is 10. The lowest BCUT2D eigenvalue weighted by molar-refractivity contribution is -0.120.